The number of ether oxygens (including phenoxy) is 2. The minimum absolute atomic E-state index is 0.0373. The van der Waals surface area contributed by atoms with E-state index in [4.69, 9.17) is 21.6 Å². The predicted molar refractivity (Wildman–Crippen MR) is 88.2 cm³/mol. The molecule has 0 spiro atoms. The minimum atomic E-state index is -4.96. The molecule has 0 radical (unpaired) electrons. The Balaban J connectivity index is 2.16. The van der Waals surface area contributed by atoms with Crippen LogP contribution in [0.5, 0.6) is 5.88 Å². The van der Waals surface area contributed by atoms with Crippen LogP contribution in [0.1, 0.15) is 12.6 Å². The second kappa shape index (κ2) is 6.97. The van der Waals surface area contributed by atoms with E-state index >= 15 is 0 Å². The summed E-state index contributed by atoms with van der Waals surface area (Å²) in [6.07, 6.45) is -7.95. The van der Waals surface area contributed by atoms with Gasteiger partial charge in [-0.3, -0.25) is 4.57 Å². The predicted octanol–water partition coefficient (Wildman–Crippen LogP) is -0.611. The molecule has 1 aliphatic heterocycles. The number of imidazole rings is 1. The summed E-state index contributed by atoms with van der Waals surface area (Å²) in [5.74, 6) is 1.89. The maximum absolute atomic E-state index is 12.9. The largest absolute Gasteiger partial charge is 0.479 e. The molecule has 0 bridgehead atoms. The van der Waals surface area contributed by atoms with E-state index in [1.807, 2.05) is 0 Å². The Labute approximate surface area is 155 Å². The SMILES string of the molecule is C#CCn1c(=O)n([C@@H]2O[C@H]([C@@H](O)C(F)(F)F)C[C@H]2O)c2nc(N)nc(OC)c21. The van der Waals surface area contributed by atoms with Crippen molar-refractivity contribution in [2.75, 3.05) is 12.8 Å². The van der Waals surface area contributed by atoms with Crippen molar-refractivity contribution < 1.29 is 32.9 Å². The van der Waals surface area contributed by atoms with Crippen LogP contribution in [0.25, 0.3) is 11.2 Å². The molecule has 3 rings (SSSR count). The van der Waals surface area contributed by atoms with Gasteiger partial charge in [-0.1, -0.05) is 5.92 Å². The molecule has 3 heterocycles. The summed E-state index contributed by atoms with van der Waals surface area (Å²) in [4.78, 5) is 20.6. The second-order valence-corrected chi connectivity index (χ2v) is 6.06. The molecular formula is C15H16F3N5O5. The molecule has 0 aromatic carbocycles. The van der Waals surface area contributed by atoms with E-state index in [-0.39, 0.29) is 29.5 Å². The third kappa shape index (κ3) is 3.15. The highest BCUT2D eigenvalue weighted by Gasteiger charge is 2.50. The fraction of sp³-hybridized carbons (Fsp3) is 0.533. The number of nitrogen functional groups attached to an aromatic ring is 1. The number of nitrogens with two attached hydrogens (primary N) is 1. The standard InChI is InChI=1S/C15H16F3N5O5/c1-3-4-22-8-10(20-13(19)21-11(8)27-2)23(14(22)26)12-6(24)5-7(28-12)9(25)15(16,17)18/h1,6-7,9,12,24-25H,4-5H2,2H3,(H2,19,20,21)/t6-,7+,9-,12-/m1/s1. The quantitative estimate of drug-likeness (QED) is 0.575. The molecule has 4 N–H and O–H groups in total. The lowest BCUT2D eigenvalue weighted by Gasteiger charge is -2.21. The van der Waals surface area contributed by atoms with Crippen LogP contribution < -0.4 is 16.2 Å². The highest BCUT2D eigenvalue weighted by atomic mass is 19.4. The number of terminal acetylenes is 1. The number of fused-ring (bicyclic) bond motifs is 1. The number of alkyl halides is 3. The van der Waals surface area contributed by atoms with E-state index in [1.54, 1.807) is 0 Å². The number of aromatic nitrogens is 4. The van der Waals surface area contributed by atoms with E-state index in [0.717, 1.165) is 9.13 Å². The lowest BCUT2D eigenvalue weighted by Crippen LogP contribution is -2.39. The molecule has 2 aromatic heterocycles. The Morgan fingerprint density at radius 3 is 2.75 bits per heavy atom. The lowest BCUT2D eigenvalue weighted by atomic mass is 10.1. The maximum atomic E-state index is 12.9. The van der Waals surface area contributed by atoms with Gasteiger partial charge in [0.25, 0.3) is 0 Å². The summed E-state index contributed by atoms with van der Waals surface area (Å²) in [5, 5.41) is 19.6. The molecule has 28 heavy (non-hydrogen) atoms. The van der Waals surface area contributed by atoms with Crippen LogP contribution in [0.15, 0.2) is 4.79 Å². The van der Waals surface area contributed by atoms with E-state index in [1.165, 1.54) is 7.11 Å². The van der Waals surface area contributed by atoms with Gasteiger partial charge in [0.15, 0.2) is 23.5 Å². The Kier molecular flexibility index (Phi) is 4.96. The number of hydrogen-bond acceptors (Lipinski definition) is 8. The fourth-order valence-electron chi connectivity index (χ4n) is 3.10. The summed E-state index contributed by atoms with van der Waals surface area (Å²) >= 11 is 0. The van der Waals surface area contributed by atoms with Gasteiger partial charge in [-0.2, -0.15) is 23.1 Å². The molecule has 0 aliphatic carbocycles. The van der Waals surface area contributed by atoms with Gasteiger partial charge in [0, 0.05) is 6.42 Å². The molecule has 1 aliphatic rings. The third-order valence-electron chi connectivity index (χ3n) is 4.29. The van der Waals surface area contributed by atoms with E-state index < -0.39 is 42.8 Å². The number of nitrogens with zero attached hydrogens (tertiary/aromatic N) is 4. The fourth-order valence-corrected chi connectivity index (χ4v) is 3.10. The number of halogens is 3. The topological polar surface area (TPSA) is 138 Å². The van der Waals surface area contributed by atoms with E-state index in [0.29, 0.717) is 0 Å². The van der Waals surface area contributed by atoms with Crippen molar-refractivity contribution in [3.05, 3.63) is 10.5 Å². The zero-order chi connectivity index (χ0) is 20.8. The van der Waals surface area contributed by atoms with Crippen LogP contribution in [-0.2, 0) is 11.3 Å². The molecule has 2 aromatic rings. The summed E-state index contributed by atoms with van der Waals surface area (Å²) in [5.41, 5.74) is 4.68. The van der Waals surface area contributed by atoms with Gasteiger partial charge in [-0.25, -0.2) is 9.36 Å². The van der Waals surface area contributed by atoms with Crippen molar-refractivity contribution >= 4 is 17.1 Å². The first-order chi connectivity index (χ1) is 13.1. The first kappa shape index (κ1) is 19.9. The molecule has 0 unspecified atom stereocenters. The number of aliphatic hydroxyl groups is 2. The molecular weight excluding hydrogens is 387 g/mol. The smallest absolute Gasteiger partial charge is 0.416 e. The van der Waals surface area contributed by atoms with Crippen molar-refractivity contribution in [3.63, 3.8) is 0 Å². The zero-order valence-corrected chi connectivity index (χ0v) is 14.4. The Morgan fingerprint density at radius 2 is 2.18 bits per heavy atom. The highest BCUT2D eigenvalue weighted by Crippen LogP contribution is 2.37. The van der Waals surface area contributed by atoms with Crippen LogP contribution in [0, 0.1) is 12.3 Å². The maximum Gasteiger partial charge on any atom is 0.416 e. The molecule has 152 valence electrons. The van der Waals surface area contributed by atoms with Crippen LogP contribution >= 0.6 is 0 Å². The number of hydrogen-bond donors (Lipinski definition) is 3. The van der Waals surface area contributed by atoms with E-state index in [9.17, 15) is 28.2 Å². The van der Waals surface area contributed by atoms with Crippen molar-refractivity contribution in [2.45, 2.75) is 43.7 Å². The second-order valence-electron chi connectivity index (χ2n) is 6.06. The third-order valence-corrected chi connectivity index (χ3v) is 4.29. The first-order valence-corrected chi connectivity index (χ1v) is 7.94. The number of anilines is 1. The van der Waals surface area contributed by atoms with Gasteiger partial charge in [-0.05, 0) is 0 Å². The molecule has 0 amide bonds. The van der Waals surface area contributed by atoms with Crippen molar-refractivity contribution in [1.82, 2.24) is 19.1 Å². The average molecular weight is 403 g/mol. The van der Waals surface area contributed by atoms with Crippen molar-refractivity contribution in [3.8, 4) is 18.2 Å². The van der Waals surface area contributed by atoms with Crippen LogP contribution in [0.4, 0.5) is 19.1 Å². The number of rotatable bonds is 4. The van der Waals surface area contributed by atoms with Gasteiger partial charge in [-0.15, -0.1) is 6.42 Å². The molecule has 1 saturated heterocycles. The number of aliphatic hydroxyl groups excluding tert-OH is 2. The van der Waals surface area contributed by atoms with Crippen LogP contribution in [-0.4, -0.2) is 60.9 Å². The Hall–Kier alpha value is -2.82. The normalized spacial score (nSPS) is 23.7. The van der Waals surface area contributed by atoms with Gasteiger partial charge < -0.3 is 25.4 Å². The highest BCUT2D eigenvalue weighted by molar-refractivity contribution is 5.78. The monoisotopic (exact) mass is 403 g/mol. The summed E-state index contributed by atoms with van der Waals surface area (Å²) in [7, 11) is 1.26. The van der Waals surface area contributed by atoms with Gasteiger partial charge in [0.2, 0.25) is 11.8 Å². The Morgan fingerprint density at radius 1 is 1.50 bits per heavy atom. The van der Waals surface area contributed by atoms with Gasteiger partial charge in [0.1, 0.15) is 6.10 Å². The van der Waals surface area contributed by atoms with Gasteiger partial charge in [0.05, 0.1) is 19.8 Å². The van der Waals surface area contributed by atoms with E-state index in [2.05, 4.69) is 15.9 Å². The molecule has 10 nitrogen and oxygen atoms in total. The van der Waals surface area contributed by atoms with Crippen LogP contribution in [0.2, 0.25) is 0 Å². The zero-order valence-electron chi connectivity index (χ0n) is 14.4. The summed E-state index contributed by atoms with van der Waals surface area (Å²) in [6.45, 7) is -0.233. The minimum Gasteiger partial charge on any atom is -0.479 e. The molecule has 1 fully saturated rings. The summed E-state index contributed by atoms with van der Waals surface area (Å²) < 4.78 is 50.5. The molecule has 4 atom stereocenters. The van der Waals surface area contributed by atoms with Gasteiger partial charge >= 0.3 is 11.9 Å². The lowest BCUT2D eigenvalue weighted by molar-refractivity contribution is -0.237. The molecule has 0 saturated carbocycles. The summed E-state index contributed by atoms with van der Waals surface area (Å²) in [6, 6.07) is 0. The first-order valence-electron chi connectivity index (χ1n) is 7.94. The van der Waals surface area contributed by atoms with Crippen LogP contribution in [0.3, 0.4) is 0 Å². The average Bonchev–Trinajstić information content (AvgIpc) is 3.11. The molecule has 13 heteroatoms. The van der Waals surface area contributed by atoms with Crippen molar-refractivity contribution in [2.24, 2.45) is 0 Å². The number of methoxy groups -OCH3 is 1. The van der Waals surface area contributed by atoms with Crippen molar-refractivity contribution in [1.29, 1.82) is 0 Å². The Bertz CT molecular complexity index is 995.